The largest absolute Gasteiger partial charge is 0.473 e. The molecule has 1 aromatic carbocycles. The van der Waals surface area contributed by atoms with Crippen molar-refractivity contribution < 1.29 is 13.5 Å². The van der Waals surface area contributed by atoms with Gasteiger partial charge in [0.05, 0.1) is 11.4 Å². The SMILES string of the molecule is C/C=C\C=N/C1=Cc2nn(-c3ccc(N4CC(NC5CC(F)(F)C5)C4)cc3)cc2CO1. The van der Waals surface area contributed by atoms with Crippen molar-refractivity contribution in [2.45, 2.75) is 44.4 Å². The van der Waals surface area contributed by atoms with Gasteiger partial charge in [-0.1, -0.05) is 6.08 Å². The van der Waals surface area contributed by atoms with E-state index in [0.29, 0.717) is 12.5 Å². The second-order valence-corrected chi connectivity index (χ2v) is 8.31. The Balaban J connectivity index is 1.19. The first-order chi connectivity index (χ1) is 15.0. The van der Waals surface area contributed by atoms with E-state index in [4.69, 9.17) is 4.74 Å². The van der Waals surface area contributed by atoms with Crippen LogP contribution >= 0.6 is 0 Å². The van der Waals surface area contributed by atoms with Crippen molar-refractivity contribution in [3.05, 3.63) is 59.8 Å². The fraction of sp³-hybridized carbons (Fsp3) is 0.391. The number of alkyl halides is 2. The van der Waals surface area contributed by atoms with E-state index in [1.54, 1.807) is 6.21 Å². The van der Waals surface area contributed by atoms with Crippen molar-refractivity contribution in [2.75, 3.05) is 18.0 Å². The summed E-state index contributed by atoms with van der Waals surface area (Å²) in [6.07, 6.45) is 9.21. The quantitative estimate of drug-likeness (QED) is 0.713. The van der Waals surface area contributed by atoms with Crippen molar-refractivity contribution in [2.24, 2.45) is 4.99 Å². The highest BCUT2D eigenvalue weighted by Crippen LogP contribution is 2.38. The molecular weight excluding hydrogens is 400 g/mol. The van der Waals surface area contributed by atoms with E-state index in [2.05, 4.69) is 32.4 Å². The molecule has 31 heavy (non-hydrogen) atoms. The molecule has 1 N–H and O–H groups in total. The van der Waals surface area contributed by atoms with Crippen molar-refractivity contribution in [3.63, 3.8) is 0 Å². The molecule has 1 aliphatic carbocycles. The summed E-state index contributed by atoms with van der Waals surface area (Å²) in [5.41, 5.74) is 3.98. The summed E-state index contributed by atoms with van der Waals surface area (Å²) in [6, 6.07) is 8.47. The molecule has 0 amide bonds. The first-order valence-corrected chi connectivity index (χ1v) is 10.6. The Kier molecular flexibility index (Phi) is 5.09. The number of anilines is 1. The van der Waals surface area contributed by atoms with Gasteiger partial charge in [0.1, 0.15) is 6.61 Å². The molecule has 3 aliphatic rings. The maximum Gasteiger partial charge on any atom is 0.251 e. The number of allylic oxidation sites excluding steroid dienone is 2. The van der Waals surface area contributed by atoms with Crippen LogP contribution in [0.5, 0.6) is 0 Å². The van der Waals surface area contributed by atoms with Crippen LogP contribution in [0.25, 0.3) is 11.8 Å². The summed E-state index contributed by atoms with van der Waals surface area (Å²) in [4.78, 5) is 6.52. The Morgan fingerprint density at radius 2 is 1.90 bits per heavy atom. The minimum atomic E-state index is -2.47. The normalized spacial score (nSPS) is 21.0. The van der Waals surface area contributed by atoms with Crippen LogP contribution < -0.4 is 10.2 Å². The highest BCUT2D eigenvalue weighted by molar-refractivity contribution is 5.72. The topological polar surface area (TPSA) is 54.7 Å². The average Bonchev–Trinajstić information content (AvgIpc) is 3.13. The minimum Gasteiger partial charge on any atom is -0.473 e. The molecule has 1 aromatic heterocycles. The molecule has 0 unspecified atom stereocenters. The van der Waals surface area contributed by atoms with Crippen molar-refractivity contribution in [1.29, 1.82) is 0 Å². The van der Waals surface area contributed by atoms with Gasteiger partial charge < -0.3 is 15.0 Å². The minimum absolute atomic E-state index is 0.0318. The number of aromatic nitrogens is 2. The zero-order valence-corrected chi connectivity index (χ0v) is 17.3. The smallest absolute Gasteiger partial charge is 0.251 e. The van der Waals surface area contributed by atoms with Crippen LogP contribution in [0, 0.1) is 0 Å². The molecular formula is C23H25F2N5O. The lowest BCUT2D eigenvalue weighted by Gasteiger charge is -2.46. The van der Waals surface area contributed by atoms with Crippen LogP contribution in [0.2, 0.25) is 0 Å². The van der Waals surface area contributed by atoms with Gasteiger partial charge in [-0.05, 0) is 37.3 Å². The summed E-state index contributed by atoms with van der Waals surface area (Å²) < 4.78 is 33.4. The highest BCUT2D eigenvalue weighted by Gasteiger charge is 2.46. The molecule has 0 atom stereocenters. The zero-order chi connectivity index (χ0) is 21.4. The third kappa shape index (κ3) is 4.25. The van der Waals surface area contributed by atoms with Gasteiger partial charge in [0, 0.05) is 67.8 Å². The van der Waals surface area contributed by atoms with E-state index >= 15 is 0 Å². The van der Waals surface area contributed by atoms with Crippen LogP contribution in [0.3, 0.4) is 0 Å². The summed E-state index contributed by atoms with van der Waals surface area (Å²) in [7, 11) is 0. The molecule has 8 heteroatoms. The van der Waals surface area contributed by atoms with Gasteiger partial charge in [0.25, 0.3) is 5.92 Å². The maximum atomic E-state index is 13.0. The maximum absolute atomic E-state index is 13.0. The highest BCUT2D eigenvalue weighted by atomic mass is 19.3. The predicted octanol–water partition coefficient (Wildman–Crippen LogP) is 3.92. The van der Waals surface area contributed by atoms with Gasteiger partial charge >= 0.3 is 0 Å². The Bertz CT molecular complexity index is 1030. The Morgan fingerprint density at radius 3 is 2.61 bits per heavy atom. The second kappa shape index (κ2) is 7.92. The predicted molar refractivity (Wildman–Crippen MR) is 117 cm³/mol. The molecule has 0 spiro atoms. The van der Waals surface area contributed by atoms with E-state index in [1.165, 1.54) is 0 Å². The number of nitrogens with zero attached hydrogens (tertiary/aromatic N) is 4. The van der Waals surface area contributed by atoms with Crippen LogP contribution in [0.1, 0.15) is 31.0 Å². The van der Waals surface area contributed by atoms with Gasteiger partial charge in [-0.15, -0.1) is 0 Å². The van der Waals surface area contributed by atoms with Gasteiger partial charge in [-0.2, -0.15) is 5.10 Å². The summed E-state index contributed by atoms with van der Waals surface area (Å²) in [6.45, 7) is 4.07. The van der Waals surface area contributed by atoms with Gasteiger partial charge in [0.2, 0.25) is 5.88 Å². The second-order valence-electron chi connectivity index (χ2n) is 8.31. The van der Waals surface area contributed by atoms with Crippen LogP contribution in [0.4, 0.5) is 14.5 Å². The standard InChI is InChI=1S/C23H25F2N5O/c1-2-3-8-26-22-9-21-16(15-31-22)12-30(28-21)20-6-4-19(5-7-20)29-13-18(14-29)27-17-10-23(24,25)11-17/h2-9,12,17-18,27H,10-11,13-15H2,1H3/b3-2-,26-8-. The van der Waals surface area contributed by atoms with Gasteiger partial charge in [0.15, 0.2) is 0 Å². The monoisotopic (exact) mass is 425 g/mol. The lowest BCUT2D eigenvalue weighted by Crippen LogP contribution is -2.63. The van der Waals surface area contributed by atoms with E-state index in [9.17, 15) is 8.78 Å². The number of rotatable bonds is 6. The van der Waals surface area contributed by atoms with E-state index < -0.39 is 5.92 Å². The van der Waals surface area contributed by atoms with Crippen molar-refractivity contribution in [3.8, 4) is 5.69 Å². The molecule has 5 rings (SSSR count). The fourth-order valence-corrected chi connectivity index (χ4v) is 4.10. The number of fused-ring (bicyclic) bond motifs is 1. The number of hydrogen-bond donors (Lipinski definition) is 1. The molecule has 1 saturated heterocycles. The molecule has 162 valence electrons. The number of benzene rings is 1. The third-order valence-corrected chi connectivity index (χ3v) is 5.86. The molecule has 6 nitrogen and oxygen atoms in total. The number of nitrogens with one attached hydrogen (secondary N) is 1. The van der Waals surface area contributed by atoms with E-state index in [1.807, 2.05) is 48.2 Å². The average molecular weight is 425 g/mol. The third-order valence-electron chi connectivity index (χ3n) is 5.86. The summed E-state index contributed by atoms with van der Waals surface area (Å²) >= 11 is 0. The van der Waals surface area contributed by atoms with E-state index in [0.717, 1.165) is 35.7 Å². The molecule has 1 saturated carbocycles. The van der Waals surface area contributed by atoms with Crippen LogP contribution in [-0.2, 0) is 11.3 Å². The van der Waals surface area contributed by atoms with Crippen molar-refractivity contribution in [1.82, 2.24) is 15.1 Å². The lowest BCUT2D eigenvalue weighted by atomic mass is 9.87. The summed E-state index contributed by atoms with van der Waals surface area (Å²) in [5.74, 6) is -1.91. The van der Waals surface area contributed by atoms with Gasteiger partial charge in [-0.25, -0.2) is 18.5 Å². The lowest BCUT2D eigenvalue weighted by molar-refractivity contribution is -0.0952. The van der Waals surface area contributed by atoms with Crippen LogP contribution in [0.15, 0.2) is 53.5 Å². The van der Waals surface area contributed by atoms with Crippen LogP contribution in [-0.4, -0.2) is 47.1 Å². The number of halogens is 2. The molecule has 2 aromatic rings. The molecule has 0 bridgehead atoms. The summed E-state index contributed by atoms with van der Waals surface area (Å²) in [5, 5.41) is 7.99. The Labute approximate surface area is 179 Å². The number of aliphatic imine (C=N–C) groups is 1. The van der Waals surface area contributed by atoms with E-state index in [-0.39, 0.29) is 24.9 Å². The molecule has 3 heterocycles. The molecule has 2 aliphatic heterocycles. The first-order valence-electron chi connectivity index (χ1n) is 10.6. The number of ether oxygens (including phenoxy) is 1. The Morgan fingerprint density at radius 1 is 1.16 bits per heavy atom. The van der Waals surface area contributed by atoms with Gasteiger partial charge in [-0.3, -0.25) is 0 Å². The molecule has 2 fully saturated rings. The Hall–Kier alpha value is -3.00. The van der Waals surface area contributed by atoms with Crippen molar-refractivity contribution >= 4 is 18.0 Å². The first kappa shape index (κ1) is 19.9. The fourth-order valence-electron chi connectivity index (χ4n) is 4.10. The molecule has 0 radical (unpaired) electrons. The zero-order valence-electron chi connectivity index (χ0n) is 17.3. The number of hydrogen-bond acceptors (Lipinski definition) is 5.